The summed E-state index contributed by atoms with van der Waals surface area (Å²) in [5.41, 5.74) is 2.65. The lowest BCUT2D eigenvalue weighted by atomic mass is 10.0. The van der Waals surface area contributed by atoms with E-state index in [1.165, 1.54) is 0 Å². The number of ether oxygens (including phenoxy) is 1. The van der Waals surface area contributed by atoms with Crippen molar-refractivity contribution in [2.75, 3.05) is 13.2 Å². The SMILES string of the molecule is C[C@@H](Cc1c[nH]c2c(OCC(=O)O)cccc12)NC[C@@H](O)c1cccc(Cl)c1. The van der Waals surface area contributed by atoms with Gasteiger partial charge in [0.2, 0.25) is 0 Å². The fraction of sp³-hybridized carbons (Fsp3) is 0.286. The van der Waals surface area contributed by atoms with Crippen LogP contribution in [0.4, 0.5) is 0 Å². The highest BCUT2D eigenvalue weighted by Crippen LogP contribution is 2.28. The first-order valence-corrected chi connectivity index (χ1v) is 9.42. The van der Waals surface area contributed by atoms with Gasteiger partial charge in [0.05, 0.1) is 11.6 Å². The number of aliphatic hydroxyl groups is 1. The lowest BCUT2D eigenvalue weighted by Gasteiger charge is -2.17. The Morgan fingerprint density at radius 2 is 2.07 bits per heavy atom. The van der Waals surface area contributed by atoms with Crippen LogP contribution in [0.5, 0.6) is 5.75 Å². The summed E-state index contributed by atoms with van der Waals surface area (Å²) >= 11 is 5.98. The lowest BCUT2D eigenvalue weighted by molar-refractivity contribution is -0.139. The van der Waals surface area contributed by atoms with Crippen molar-refractivity contribution in [3.05, 3.63) is 64.8 Å². The number of aromatic nitrogens is 1. The van der Waals surface area contributed by atoms with Crippen molar-refractivity contribution in [3.63, 3.8) is 0 Å². The van der Waals surface area contributed by atoms with Gasteiger partial charge in [-0.2, -0.15) is 0 Å². The summed E-state index contributed by atoms with van der Waals surface area (Å²) < 4.78 is 5.35. The molecule has 0 radical (unpaired) electrons. The van der Waals surface area contributed by atoms with Gasteiger partial charge in [0, 0.05) is 29.2 Å². The van der Waals surface area contributed by atoms with Gasteiger partial charge >= 0.3 is 5.97 Å². The van der Waals surface area contributed by atoms with Crippen molar-refractivity contribution in [2.24, 2.45) is 0 Å². The van der Waals surface area contributed by atoms with Crippen LogP contribution in [0.3, 0.4) is 0 Å². The Bertz CT molecular complexity index is 956. The molecule has 1 aromatic heterocycles. The Balaban J connectivity index is 1.62. The minimum absolute atomic E-state index is 0.122. The van der Waals surface area contributed by atoms with Gasteiger partial charge in [-0.3, -0.25) is 0 Å². The molecule has 28 heavy (non-hydrogen) atoms. The smallest absolute Gasteiger partial charge is 0.341 e. The standard InChI is InChI=1S/C21H23ClN2O4/c1-13(23-11-18(25)14-4-2-5-16(22)9-14)8-15-10-24-21-17(15)6-3-7-19(21)28-12-20(26)27/h2-7,9-10,13,18,23-25H,8,11-12H2,1H3,(H,26,27)/t13-,18+/m0/s1. The number of halogens is 1. The number of fused-ring (bicyclic) bond motifs is 1. The number of H-pyrrole nitrogens is 1. The second-order valence-corrected chi connectivity index (χ2v) is 7.20. The second-order valence-electron chi connectivity index (χ2n) is 6.76. The first-order chi connectivity index (χ1) is 13.4. The Morgan fingerprint density at radius 3 is 2.82 bits per heavy atom. The van der Waals surface area contributed by atoms with E-state index in [2.05, 4.69) is 10.3 Å². The molecule has 1 heterocycles. The van der Waals surface area contributed by atoms with Crippen molar-refractivity contribution >= 4 is 28.5 Å². The quantitative estimate of drug-likeness (QED) is 0.439. The minimum atomic E-state index is -1.01. The third-order valence-corrected chi connectivity index (χ3v) is 4.77. The molecule has 3 rings (SSSR count). The van der Waals surface area contributed by atoms with Crippen LogP contribution in [0.15, 0.2) is 48.7 Å². The first-order valence-electron chi connectivity index (χ1n) is 9.04. The highest BCUT2D eigenvalue weighted by Gasteiger charge is 2.14. The summed E-state index contributed by atoms with van der Waals surface area (Å²) in [5, 5.41) is 24.1. The molecule has 0 bridgehead atoms. The van der Waals surface area contributed by atoms with E-state index in [1.807, 2.05) is 37.4 Å². The van der Waals surface area contributed by atoms with Gasteiger partial charge in [0.1, 0.15) is 5.75 Å². The highest BCUT2D eigenvalue weighted by atomic mass is 35.5. The number of benzene rings is 2. The Kier molecular flexibility index (Phi) is 6.57. The predicted octanol–water partition coefficient (Wildman–Crippen LogP) is 3.54. The number of hydrogen-bond acceptors (Lipinski definition) is 4. The van der Waals surface area contributed by atoms with Gasteiger partial charge in [-0.15, -0.1) is 0 Å². The zero-order chi connectivity index (χ0) is 20.1. The zero-order valence-electron chi connectivity index (χ0n) is 15.5. The molecule has 3 aromatic rings. The van der Waals surface area contributed by atoms with Crippen LogP contribution in [-0.2, 0) is 11.2 Å². The van der Waals surface area contributed by atoms with Gasteiger partial charge in [-0.1, -0.05) is 35.9 Å². The van der Waals surface area contributed by atoms with Gasteiger partial charge in [0.25, 0.3) is 0 Å². The Morgan fingerprint density at radius 1 is 1.29 bits per heavy atom. The molecule has 2 atom stereocenters. The average molecular weight is 403 g/mol. The van der Waals surface area contributed by atoms with Crippen molar-refractivity contribution < 1.29 is 19.7 Å². The molecule has 0 spiro atoms. The minimum Gasteiger partial charge on any atom is -0.480 e. The average Bonchev–Trinajstić information content (AvgIpc) is 3.07. The fourth-order valence-electron chi connectivity index (χ4n) is 3.16. The third kappa shape index (κ3) is 5.04. The molecule has 7 heteroatoms. The number of hydrogen-bond donors (Lipinski definition) is 4. The third-order valence-electron chi connectivity index (χ3n) is 4.53. The van der Waals surface area contributed by atoms with E-state index < -0.39 is 12.1 Å². The number of aliphatic carboxylic acids is 1. The molecule has 6 nitrogen and oxygen atoms in total. The van der Waals surface area contributed by atoms with Crippen LogP contribution in [0, 0.1) is 0 Å². The van der Waals surface area contributed by atoms with Crippen LogP contribution in [0.2, 0.25) is 5.02 Å². The number of para-hydroxylation sites is 1. The van der Waals surface area contributed by atoms with Crippen LogP contribution in [0.1, 0.15) is 24.2 Å². The molecule has 2 aromatic carbocycles. The molecule has 148 valence electrons. The number of rotatable bonds is 9. The zero-order valence-corrected chi connectivity index (χ0v) is 16.2. The van der Waals surface area contributed by atoms with E-state index in [9.17, 15) is 9.90 Å². The molecule has 0 amide bonds. The number of carbonyl (C=O) groups is 1. The van der Waals surface area contributed by atoms with E-state index in [0.29, 0.717) is 17.3 Å². The number of nitrogens with one attached hydrogen (secondary N) is 2. The summed E-state index contributed by atoms with van der Waals surface area (Å²) in [6.45, 7) is 2.08. The molecule has 0 saturated carbocycles. The number of aliphatic hydroxyl groups excluding tert-OH is 1. The van der Waals surface area contributed by atoms with Crippen LogP contribution in [-0.4, -0.2) is 40.4 Å². The monoisotopic (exact) mass is 402 g/mol. The lowest BCUT2D eigenvalue weighted by Crippen LogP contribution is -2.32. The molecule has 0 fully saturated rings. The molecular formula is C21H23ClN2O4. The van der Waals surface area contributed by atoms with Gasteiger partial charge in [0.15, 0.2) is 6.61 Å². The summed E-state index contributed by atoms with van der Waals surface area (Å²) in [7, 11) is 0. The van der Waals surface area contributed by atoms with Crippen LogP contribution in [0.25, 0.3) is 10.9 Å². The van der Waals surface area contributed by atoms with Crippen molar-refractivity contribution in [1.29, 1.82) is 0 Å². The molecule has 0 aliphatic carbocycles. The van der Waals surface area contributed by atoms with E-state index >= 15 is 0 Å². The van der Waals surface area contributed by atoms with Gasteiger partial charge < -0.3 is 25.3 Å². The van der Waals surface area contributed by atoms with E-state index in [-0.39, 0.29) is 12.6 Å². The van der Waals surface area contributed by atoms with E-state index in [4.69, 9.17) is 21.4 Å². The molecule has 0 unspecified atom stereocenters. The summed E-state index contributed by atoms with van der Waals surface area (Å²) in [5.74, 6) is -0.497. The largest absolute Gasteiger partial charge is 0.480 e. The normalized spacial score (nSPS) is 13.4. The van der Waals surface area contributed by atoms with Gasteiger partial charge in [-0.25, -0.2) is 4.79 Å². The van der Waals surface area contributed by atoms with Crippen molar-refractivity contribution in [3.8, 4) is 5.75 Å². The van der Waals surface area contributed by atoms with Crippen molar-refractivity contribution in [1.82, 2.24) is 10.3 Å². The topological polar surface area (TPSA) is 94.6 Å². The summed E-state index contributed by atoms with van der Waals surface area (Å²) in [6.07, 6.45) is 2.01. The van der Waals surface area contributed by atoms with Crippen molar-refractivity contribution in [2.45, 2.75) is 25.5 Å². The Hall–Kier alpha value is -2.54. The van der Waals surface area contributed by atoms with E-state index in [0.717, 1.165) is 28.5 Å². The highest BCUT2D eigenvalue weighted by molar-refractivity contribution is 6.30. The number of aromatic amines is 1. The molecule has 0 aliphatic heterocycles. The van der Waals surface area contributed by atoms with Gasteiger partial charge in [-0.05, 0) is 42.7 Å². The maximum Gasteiger partial charge on any atom is 0.341 e. The maximum atomic E-state index is 10.7. The Labute approximate surface area is 168 Å². The predicted molar refractivity (Wildman–Crippen MR) is 109 cm³/mol. The van der Waals surface area contributed by atoms with Crippen LogP contribution >= 0.6 is 11.6 Å². The molecule has 4 N–H and O–H groups in total. The number of carboxylic acid groups (broad SMARTS) is 1. The summed E-state index contributed by atoms with van der Waals surface area (Å²) in [6, 6.07) is 12.9. The second kappa shape index (κ2) is 9.10. The molecule has 0 saturated heterocycles. The van der Waals surface area contributed by atoms with Crippen LogP contribution < -0.4 is 10.1 Å². The van der Waals surface area contributed by atoms with E-state index in [1.54, 1.807) is 18.2 Å². The number of carboxylic acids is 1. The first kappa shape index (κ1) is 20.2. The fourth-order valence-corrected chi connectivity index (χ4v) is 3.36. The summed E-state index contributed by atoms with van der Waals surface area (Å²) in [4.78, 5) is 13.9. The maximum absolute atomic E-state index is 10.7. The molecule has 0 aliphatic rings. The molecular weight excluding hydrogens is 380 g/mol.